The van der Waals surface area contributed by atoms with Crippen LogP contribution in [0.3, 0.4) is 0 Å². The van der Waals surface area contributed by atoms with Crippen molar-refractivity contribution >= 4 is 38.3 Å². The Morgan fingerprint density at radius 2 is 2.00 bits per heavy atom. The van der Waals surface area contributed by atoms with Crippen molar-refractivity contribution in [2.24, 2.45) is 5.92 Å². The van der Waals surface area contributed by atoms with Gasteiger partial charge in [-0.2, -0.15) is 0 Å². The van der Waals surface area contributed by atoms with Gasteiger partial charge in [0.1, 0.15) is 0 Å². The lowest BCUT2D eigenvalue weighted by Gasteiger charge is -2.25. The first-order chi connectivity index (χ1) is 9.01. The van der Waals surface area contributed by atoms with Gasteiger partial charge < -0.3 is 0 Å². The fourth-order valence-electron chi connectivity index (χ4n) is 2.18. The summed E-state index contributed by atoms with van der Waals surface area (Å²) in [5.41, 5.74) is 0. The van der Waals surface area contributed by atoms with E-state index < -0.39 is 10.0 Å². The Morgan fingerprint density at radius 1 is 1.32 bits per heavy atom. The Morgan fingerprint density at radius 3 is 2.63 bits per heavy atom. The van der Waals surface area contributed by atoms with Crippen molar-refractivity contribution in [3.05, 3.63) is 0 Å². The largest absolute Gasteiger partial charge is 0.257 e. The Bertz CT molecular complexity index is 507. The molecule has 1 aromatic heterocycles. The summed E-state index contributed by atoms with van der Waals surface area (Å²) in [7, 11) is -3.31. The van der Waals surface area contributed by atoms with Crippen LogP contribution in [0.15, 0.2) is 4.34 Å². The summed E-state index contributed by atoms with van der Waals surface area (Å²) in [6.45, 7) is 4.20. The minimum atomic E-state index is -3.31. The van der Waals surface area contributed by atoms with Gasteiger partial charge in [-0.3, -0.25) is 4.72 Å². The molecule has 1 N–H and O–H groups in total. The van der Waals surface area contributed by atoms with Gasteiger partial charge >= 0.3 is 0 Å². The summed E-state index contributed by atoms with van der Waals surface area (Å²) in [6, 6.07) is 0. The third-order valence-electron chi connectivity index (χ3n) is 3.31. The summed E-state index contributed by atoms with van der Waals surface area (Å²) in [6.07, 6.45) is 3.45. The quantitative estimate of drug-likeness (QED) is 0.844. The van der Waals surface area contributed by atoms with Gasteiger partial charge in [-0.1, -0.05) is 36.9 Å². The average Bonchev–Trinajstić information content (AvgIpc) is 2.77. The van der Waals surface area contributed by atoms with Crippen LogP contribution in [0, 0.1) is 5.92 Å². The zero-order chi connectivity index (χ0) is 13.9. The van der Waals surface area contributed by atoms with E-state index in [1.807, 2.05) is 6.92 Å². The fourth-order valence-corrected chi connectivity index (χ4v) is 5.54. The number of rotatable bonds is 5. The monoisotopic (exact) mass is 321 g/mol. The number of nitrogens with one attached hydrogen (secondary N) is 1. The van der Waals surface area contributed by atoms with Crippen molar-refractivity contribution < 1.29 is 8.42 Å². The van der Waals surface area contributed by atoms with Gasteiger partial charge in [0, 0.05) is 0 Å². The predicted octanol–water partition coefficient (Wildman–Crippen LogP) is 2.97. The number of hydrogen-bond acceptors (Lipinski definition) is 6. The van der Waals surface area contributed by atoms with E-state index in [1.54, 1.807) is 11.8 Å². The van der Waals surface area contributed by atoms with E-state index in [4.69, 9.17) is 0 Å². The molecule has 108 valence electrons. The predicted molar refractivity (Wildman–Crippen MR) is 80.3 cm³/mol. The lowest BCUT2D eigenvalue weighted by Crippen LogP contribution is -2.31. The third kappa shape index (κ3) is 4.06. The molecule has 1 saturated carbocycles. The highest BCUT2D eigenvalue weighted by atomic mass is 32.2. The van der Waals surface area contributed by atoms with Crippen LogP contribution < -0.4 is 4.72 Å². The average molecular weight is 321 g/mol. The van der Waals surface area contributed by atoms with Crippen molar-refractivity contribution in [1.82, 2.24) is 10.2 Å². The Hall–Kier alpha value is -0.340. The molecule has 0 saturated heterocycles. The Kier molecular flexibility index (Phi) is 5.08. The highest BCUT2D eigenvalue weighted by Gasteiger charge is 2.30. The van der Waals surface area contributed by atoms with Crippen LogP contribution in [0.1, 0.15) is 39.5 Å². The standard InChI is InChI=1S/C11H19N3O2S3/c1-3-17-11-13-12-10(18-11)14-19(15,16)9-6-4-8(2)5-7-9/h8-9H,3-7H2,1-2H3,(H,12,14). The molecular weight excluding hydrogens is 302 g/mol. The molecule has 0 radical (unpaired) electrons. The van der Waals surface area contributed by atoms with Crippen LogP contribution in [0.25, 0.3) is 0 Å². The van der Waals surface area contributed by atoms with Crippen molar-refractivity contribution in [3.8, 4) is 0 Å². The van der Waals surface area contributed by atoms with Crippen molar-refractivity contribution in [1.29, 1.82) is 0 Å². The van der Waals surface area contributed by atoms with Crippen LogP contribution >= 0.6 is 23.1 Å². The van der Waals surface area contributed by atoms with Crippen molar-refractivity contribution in [2.45, 2.75) is 49.1 Å². The molecule has 0 aromatic carbocycles. The molecule has 0 spiro atoms. The molecule has 1 fully saturated rings. The summed E-state index contributed by atoms with van der Waals surface area (Å²) in [4.78, 5) is 0. The number of nitrogens with zero attached hydrogens (tertiary/aromatic N) is 2. The molecule has 0 unspecified atom stereocenters. The Balaban J connectivity index is 1.99. The number of sulfonamides is 1. The zero-order valence-corrected chi connectivity index (χ0v) is 13.6. The second kappa shape index (κ2) is 6.41. The molecule has 0 atom stereocenters. The molecule has 1 aliphatic rings. The SMILES string of the molecule is CCSc1nnc(NS(=O)(=O)C2CCC(C)CC2)s1. The topological polar surface area (TPSA) is 72.0 Å². The smallest absolute Gasteiger partial charge is 0.237 e. The first kappa shape index (κ1) is 15.1. The van der Waals surface area contributed by atoms with Gasteiger partial charge in [0.2, 0.25) is 15.2 Å². The lowest BCUT2D eigenvalue weighted by atomic mass is 9.91. The summed E-state index contributed by atoms with van der Waals surface area (Å²) in [5, 5.41) is 7.94. The highest BCUT2D eigenvalue weighted by Crippen LogP contribution is 2.30. The third-order valence-corrected chi connectivity index (χ3v) is 7.12. The molecule has 0 aliphatic heterocycles. The summed E-state index contributed by atoms with van der Waals surface area (Å²) in [5.74, 6) is 1.54. The first-order valence-corrected chi connectivity index (χ1v) is 9.84. The number of aromatic nitrogens is 2. The summed E-state index contributed by atoms with van der Waals surface area (Å²) < 4.78 is 27.9. The van der Waals surface area contributed by atoms with Gasteiger partial charge in [-0.25, -0.2) is 8.42 Å². The van der Waals surface area contributed by atoms with Crippen molar-refractivity contribution in [2.75, 3.05) is 10.5 Å². The van der Waals surface area contributed by atoms with Crippen LogP contribution in [0.5, 0.6) is 0 Å². The van der Waals surface area contributed by atoms with Crippen molar-refractivity contribution in [3.63, 3.8) is 0 Å². The highest BCUT2D eigenvalue weighted by molar-refractivity contribution is 8.01. The van der Waals surface area contributed by atoms with Gasteiger partial charge in [-0.05, 0) is 37.4 Å². The second-order valence-electron chi connectivity index (χ2n) is 4.84. The van der Waals surface area contributed by atoms with Gasteiger partial charge in [0.25, 0.3) is 0 Å². The summed E-state index contributed by atoms with van der Waals surface area (Å²) >= 11 is 2.87. The van der Waals surface area contributed by atoms with E-state index in [-0.39, 0.29) is 5.25 Å². The molecular formula is C11H19N3O2S3. The molecule has 0 bridgehead atoms. The molecule has 8 heteroatoms. The van der Waals surface area contributed by atoms with Gasteiger partial charge in [0.15, 0.2) is 4.34 Å². The van der Waals surface area contributed by atoms with Crippen LogP contribution in [-0.2, 0) is 10.0 Å². The van der Waals surface area contributed by atoms with Crippen LogP contribution in [-0.4, -0.2) is 29.6 Å². The van der Waals surface area contributed by atoms with Crippen LogP contribution in [0.2, 0.25) is 0 Å². The molecule has 19 heavy (non-hydrogen) atoms. The molecule has 5 nitrogen and oxygen atoms in total. The van der Waals surface area contributed by atoms with E-state index in [9.17, 15) is 8.42 Å². The van der Waals surface area contributed by atoms with E-state index in [0.29, 0.717) is 11.0 Å². The van der Waals surface area contributed by atoms with E-state index >= 15 is 0 Å². The van der Waals surface area contributed by atoms with E-state index in [1.165, 1.54) is 11.3 Å². The molecule has 1 heterocycles. The fraction of sp³-hybridized carbons (Fsp3) is 0.818. The minimum Gasteiger partial charge on any atom is -0.257 e. The normalized spacial score (nSPS) is 24.3. The lowest BCUT2D eigenvalue weighted by molar-refractivity contribution is 0.383. The van der Waals surface area contributed by atoms with E-state index in [2.05, 4.69) is 21.8 Å². The minimum absolute atomic E-state index is 0.283. The molecule has 0 amide bonds. The zero-order valence-electron chi connectivity index (χ0n) is 11.1. The molecule has 2 rings (SSSR count). The number of hydrogen-bond donors (Lipinski definition) is 1. The van der Waals surface area contributed by atoms with E-state index in [0.717, 1.165) is 35.8 Å². The maximum atomic E-state index is 12.2. The maximum absolute atomic E-state index is 12.2. The van der Waals surface area contributed by atoms with Crippen LogP contribution in [0.4, 0.5) is 5.13 Å². The van der Waals surface area contributed by atoms with Gasteiger partial charge in [0.05, 0.1) is 5.25 Å². The molecule has 1 aromatic rings. The van der Waals surface area contributed by atoms with Gasteiger partial charge in [-0.15, -0.1) is 10.2 Å². The first-order valence-electron chi connectivity index (χ1n) is 6.49. The second-order valence-corrected chi connectivity index (χ2v) is 9.28. The number of thioether (sulfide) groups is 1. The maximum Gasteiger partial charge on any atom is 0.237 e. The Labute approximate surface area is 122 Å². The molecule has 1 aliphatic carbocycles. The number of anilines is 1.